The van der Waals surface area contributed by atoms with Gasteiger partial charge in [0, 0.05) is 19.3 Å². The minimum atomic E-state index is -0.0716. The zero-order chi connectivity index (χ0) is 14.7. The van der Waals surface area contributed by atoms with Crippen molar-refractivity contribution < 1.29 is 4.79 Å². The third-order valence-electron chi connectivity index (χ3n) is 3.49. The lowest BCUT2D eigenvalue weighted by atomic mass is 10.1. The molecular weight excluding hydrogens is 272 g/mol. The Labute approximate surface area is 123 Å². The minimum Gasteiger partial charge on any atom is -0.350 e. The highest BCUT2D eigenvalue weighted by atomic mass is 32.1. The molecule has 0 unspecified atom stereocenters. The van der Waals surface area contributed by atoms with E-state index in [-0.39, 0.29) is 11.9 Å². The molecule has 0 saturated heterocycles. The van der Waals surface area contributed by atoms with E-state index in [1.807, 2.05) is 28.1 Å². The lowest BCUT2D eigenvalue weighted by Crippen LogP contribution is -2.34. The Balaban J connectivity index is 2.03. The molecule has 0 aromatic carbocycles. The number of carbonyl (C=O) groups is 1. The van der Waals surface area contributed by atoms with Gasteiger partial charge in [-0.1, -0.05) is 0 Å². The Morgan fingerprint density at radius 1 is 1.55 bits per heavy atom. The van der Waals surface area contributed by atoms with E-state index in [4.69, 9.17) is 0 Å². The van der Waals surface area contributed by atoms with Gasteiger partial charge in [-0.2, -0.15) is 16.4 Å². The van der Waals surface area contributed by atoms with Crippen molar-refractivity contribution in [3.8, 4) is 0 Å². The second kappa shape index (κ2) is 6.19. The molecule has 108 valence electrons. The summed E-state index contributed by atoms with van der Waals surface area (Å²) in [5, 5.41) is 11.3. The second-order valence-corrected chi connectivity index (χ2v) is 5.79. The molecular formula is C14H20N4OS. The maximum atomic E-state index is 12.2. The van der Waals surface area contributed by atoms with Crippen molar-refractivity contribution in [1.82, 2.24) is 20.0 Å². The van der Waals surface area contributed by atoms with E-state index in [1.165, 1.54) is 5.56 Å². The fourth-order valence-electron chi connectivity index (χ4n) is 2.07. The third kappa shape index (κ3) is 3.08. The van der Waals surface area contributed by atoms with Gasteiger partial charge in [-0.05, 0) is 43.4 Å². The number of aryl methyl sites for hydroxylation is 1. The molecule has 2 aromatic rings. The molecule has 6 heteroatoms. The maximum Gasteiger partial charge on any atom is 0.254 e. The number of amides is 1. The van der Waals surface area contributed by atoms with Crippen LogP contribution in [0, 0.1) is 6.92 Å². The van der Waals surface area contributed by atoms with Gasteiger partial charge in [0.2, 0.25) is 0 Å². The molecule has 5 nitrogen and oxygen atoms in total. The monoisotopic (exact) mass is 292 g/mol. The van der Waals surface area contributed by atoms with E-state index < -0.39 is 0 Å². The standard InChI is InChI=1S/C14H20N4OS/c1-10-12(7-16-18(10)4)14(19)15-8-13(17(2)3)11-5-6-20-9-11/h5-7,9,13H,8H2,1-4H3,(H,15,19)/t13-/m1/s1. The van der Waals surface area contributed by atoms with Gasteiger partial charge in [0.1, 0.15) is 0 Å². The van der Waals surface area contributed by atoms with Gasteiger partial charge in [-0.25, -0.2) is 0 Å². The van der Waals surface area contributed by atoms with Crippen LogP contribution >= 0.6 is 11.3 Å². The van der Waals surface area contributed by atoms with Gasteiger partial charge in [-0.3, -0.25) is 9.48 Å². The third-order valence-corrected chi connectivity index (χ3v) is 4.19. The molecule has 0 aliphatic heterocycles. The quantitative estimate of drug-likeness (QED) is 0.914. The van der Waals surface area contributed by atoms with Gasteiger partial charge >= 0.3 is 0 Å². The van der Waals surface area contributed by atoms with Crippen molar-refractivity contribution in [2.45, 2.75) is 13.0 Å². The topological polar surface area (TPSA) is 50.2 Å². The molecule has 0 fully saturated rings. The Kier molecular flexibility index (Phi) is 4.57. The van der Waals surface area contributed by atoms with Crippen LogP contribution in [0.4, 0.5) is 0 Å². The van der Waals surface area contributed by atoms with Crippen molar-refractivity contribution >= 4 is 17.2 Å². The van der Waals surface area contributed by atoms with Gasteiger partial charge in [0.25, 0.3) is 5.91 Å². The van der Waals surface area contributed by atoms with Crippen molar-refractivity contribution in [3.05, 3.63) is 39.8 Å². The molecule has 2 aromatic heterocycles. The molecule has 1 N–H and O–H groups in total. The first kappa shape index (κ1) is 14.7. The molecule has 2 rings (SSSR count). The van der Waals surface area contributed by atoms with Crippen LogP contribution in [0.5, 0.6) is 0 Å². The smallest absolute Gasteiger partial charge is 0.254 e. The summed E-state index contributed by atoms with van der Waals surface area (Å²) in [5.74, 6) is -0.0716. The van der Waals surface area contributed by atoms with E-state index in [0.717, 1.165) is 5.69 Å². The van der Waals surface area contributed by atoms with Crippen molar-refractivity contribution in [2.24, 2.45) is 7.05 Å². The Bertz CT molecular complexity index is 574. The molecule has 0 radical (unpaired) electrons. The highest BCUT2D eigenvalue weighted by Crippen LogP contribution is 2.20. The van der Waals surface area contributed by atoms with Gasteiger partial charge in [0.05, 0.1) is 17.8 Å². The number of rotatable bonds is 5. The maximum absolute atomic E-state index is 12.2. The summed E-state index contributed by atoms with van der Waals surface area (Å²) in [6, 6.07) is 2.28. The highest BCUT2D eigenvalue weighted by molar-refractivity contribution is 7.07. The van der Waals surface area contributed by atoms with Crippen LogP contribution in [0.1, 0.15) is 27.7 Å². The van der Waals surface area contributed by atoms with E-state index in [2.05, 4.69) is 32.1 Å². The summed E-state index contributed by atoms with van der Waals surface area (Å²) in [7, 11) is 5.87. The average molecular weight is 292 g/mol. The summed E-state index contributed by atoms with van der Waals surface area (Å²) in [6.07, 6.45) is 1.61. The molecule has 0 bridgehead atoms. The van der Waals surface area contributed by atoms with E-state index >= 15 is 0 Å². The van der Waals surface area contributed by atoms with Gasteiger partial charge < -0.3 is 10.2 Å². The summed E-state index contributed by atoms with van der Waals surface area (Å²) < 4.78 is 1.71. The Morgan fingerprint density at radius 2 is 2.30 bits per heavy atom. The van der Waals surface area contributed by atoms with Crippen molar-refractivity contribution in [3.63, 3.8) is 0 Å². The first-order valence-electron chi connectivity index (χ1n) is 6.46. The SMILES string of the molecule is Cc1c(C(=O)NC[C@H](c2ccsc2)N(C)C)cnn1C. The number of hydrogen-bond acceptors (Lipinski definition) is 4. The number of hydrogen-bond donors (Lipinski definition) is 1. The van der Waals surface area contributed by atoms with Crippen LogP contribution in [-0.2, 0) is 7.05 Å². The largest absolute Gasteiger partial charge is 0.350 e. The summed E-state index contributed by atoms with van der Waals surface area (Å²) in [6.45, 7) is 2.47. The molecule has 20 heavy (non-hydrogen) atoms. The van der Waals surface area contributed by atoms with E-state index in [0.29, 0.717) is 12.1 Å². The first-order valence-corrected chi connectivity index (χ1v) is 7.40. The van der Waals surface area contributed by atoms with Crippen molar-refractivity contribution in [1.29, 1.82) is 0 Å². The summed E-state index contributed by atoms with van der Waals surface area (Å²) in [4.78, 5) is 14.3. The average Bonchev–Trinajstić information content (AvgIpc) is 3.01. The molecule has 2 heterocycles. The van der Waals surface area contributed by atoms with Gasteiger partial charge in [0.15, 0.2) is 0 Å². The molecule has 0 aliphatic rings. The van der Waals surface area contributed by atoms with Crippen molar-refractivity contribution in [2.75, 3.05) is 20.6 Å². The molecule has 0 saturated carbocycles. The highest BCUT2D eigenvalue weighted by Gasteiger charge is 2.18. The lowest BCUT2D eigenvalue weighted by Gasteiger charge is -2.23. The van der Waals surface area contributed by atoms with Crippen LogP contribution in [0.25, 0.3) is 0 Å². The van der Waals surface area contributed by atoms with E-state index in [9.17, 15) is 4.79 Å². The van der Waals surface area contributed by atoms with E-state index in [1.54, 1.807) is 22.2 Å². The molecule has 0 spiro atoms. The van der Waals surface area contributed by atoms with Crippen LogP contribution < -0.4 is 5.32 Å². The fraction of sp³-hybridized carbons (Fsp3) is 0.429. The number of thiophene rings is 1. The number of carbonyl (C=O) groups excluding carboxylic acids is 1. The second-order valence-electron chi connectivity index (χ2n) is 5.01. The number of aromatic nitrogens is 2. The number of nitrogens with zero attached hydrogens (tertiary/aromatic N) is 3. The molecule has 1 atom stereocenters. The molecule has 0 aliphatic carbocycles. The Hall–Kier alpha value is -1.66. The van der Waals surface area contributed by atoms with Crippen LogP contribution in [0.3, 0.4) is 0 Å². The predicted molar refractivity (Wildman–Crippen MR) is 81.0 cm³/mol. The lowest BCUT2D eigenvalue weighted by molar-refractivity contribution is 0.0941. The molecule has 1 amide bonds. The predicted octanol–water partition coefficient (Wildman–Crippen LogP) is 1.82. The van der Waals surface area contributed by atoms with Gasteiger partial charge in [-0.15, -0.1) is 0 Å². The number of nitrogens with one attached hydrogen (secondary N) is 1. The summed E-state index contributed by atoms with van der Waals surface area (Å²) >= 11 is 1.67. The van der Waals surface area contributed by atoms with Crippen LogP contribution in [0.2, 0.25) is 0 Å². The first-order chi connectivity index (χ1) is 9.50. The Morgan fingerprint density at radius 3 is 2.80 bits per heavy atom. The van der Waals surface area contributed by atoms with Crippen LogP contribution in [0.15, 0.2) is 23.0 Å². The summed E-state index contributed by atoms with van der Waals surface area (Å²) in [5.41, 5.74) is 2.73. The number of likely N-dealkylation sites (N-methyl/N-ethyl adjacent to an activating group) is 1. The normalized spacial score (nSPS) is 12.7. The zero-order valence-corrected chi connectivity index (χ0v) is 13.1. The minimum absolute atomic E-state index is 0.0716. The zero-order valence-electron chi connectivity index (χ0n) is 12.3. The fourth-order valence-corrected chi connectivity index (χ4v) is 2.78. The van der Waals surface area contributed by atoms with Crippen LogP contribution in [-0.4, -0.2) is 41.2 Å².